The lowest BCUT2D eigenvalue weighted by molar-refractivity contribution is -0.885. The molecule has 0 radical (unpaired) electrons. The highest BCUT2D eigenvalue weighted by Gasteiger charge is 2.15. The van der Waals surface area contributed by atoms with Crippen LogP contribution in [0.4, 0.5) is 5.69 Å². The Morgan fingerprint density at radius 2 is 1.89 bits per heavy atom. The normalized spacial score (nSPS) is 12.0. The van der Waals surface area contributed by atoms with Crippen molar-refractivity contribution in [3.8, 4) is 5.75 Å². The molecule has 1 unspecified atom stereocenters. The summed E-state index contributed by atoms with van der Waals surface area (Å²) in [7, 11) is 3.51. The van der Waals surface area contributed by atoms with Gasteiger partial charge in [-0.2, -0.15) is 0 Å². The van der Waals surface area contributed by atoms with Gasteiger partial charge in [0.1, 0.15) is 17.9 Å². The number of rotatable bonds is 6. The maximum absolute atomic E-state index is 12.4. The quantitative estimate of drug-likeness (QED) is 0.641. The van der Waals surface area contributed by atoms with Crippen molar-refractivity contribution in [2.24, 2.45) is 0 Å². The summed E-state index contributed by atoms with van der Waals surface area (Å²) < 4.78 is 10.5. The molecule has 2 aromatic carbocycles. The van der Waals surface area contributed by atoms with Crippen molar-refractivity contribution >= 4 is 22.6 Å². The average Bonchev–Trinajstić information content (AvgIpc) is 2.63. The van der Waals surface area contributed by atoms with Gasteiger partial charge in [0.05, 0.1) is 14.2 Å². The molecule has 28 heavy (non-hydrogen) atoms. The molecule has 1 atom stereocenters. The van der Waals surface area contributed by atoms with E-state index in [1.54, 1.807) is 13.2 Å². The fraction of sp³-hybridized carbons (Fsp3) is 0.273. The van der Waals surface area contributed by atoms with Crippen LogP contribution in [-0.4, -0.2) is 26.6 Å². The highest BCUT2D eigenvalue weighted by Crippen LogP contribution is 2.21. The summed E-state index contributed by atoms with van der Waals surface area (Å²) in [6, 6.07) is 12.7. The summed E-state index contributed by atoms with van der Waals surface area (Å²) in [4.78, 5) is 25.3. The molecule has 0 aliphatic heterocycles. The number of hydrogen-bond acceptors (Lipinski definition) is 4. The first-order valence-electron chi connectivity index (χ1n) is 9.15. The van der Waals surface area contributed by atoms with Gasteiger partial charge in [0.2, 0.25) is 0 Å². The minimum atomic E-state index is -0.376. The number of carbonyl (C=O) groups excluding carboxylic acids is 1. The van der Waals surface area contributed by atoms with Crippen LogP contribution in [-0.2, 0) is 11.3 Å². The molecule has 6 heteroatoms. The Kier molecular flexibility index (Phi) is 5.80. The molecule has 1 heterocycles. The molecular formula is C22H25N2O4+. The van der Waals surface area contributed by atoms with Gasteiger partial charge in [-0.25, -0.2) is 4.79 Å². The van der Waals surface area contributed by atoms with Crippen molar-refractivity contribution in [2.75, 3.05) is 26.0 Å². The Morgan fingerprint density at radius 1 is 1.14 bits per heavy atom. The fourth-order valence-corrected chi connectivity index (χ4v) is 3.20. The van der Waals surface area contributed by atoms with Crippen LogP contribution in [0.5, 0.6) is 5.75 Å². The predicted octanol–water partition coefficient (Wildman–Crippen LogP) is 2.07. The molecular weight excluding hydrogens is 356 g/mol. The van der Waals surface area contributed by atoms with Gasteiger partial charge < -0.3 is 19.4 Å². The van der Waals surface area contributed by atoms with E-state index in [2.05, 4.69) is 5.32 Å². The number of ether oxygens (including phenoxy) is 1. The number of aryl methyl sites for hydroxylation is 2. The summed E-state index contributed by atoms with van der Waals surface area (Å²) in [6.45, 7) is 4.82. The highest BCUT2D eigenvalue weighted by molar-refractivity contribution is 5.91. The van der Waals surface area contributed by atoms with E-state index in [1.807, 2.05) is 51.2 Å². The number of anilines is 1. The Hall–Kier alpha value is -3.12. The number of amides is 1. The first-order valence-corrected chi connectivity index (χ1v) is 9.15. The van der Waals surface area contributed by atoms with Gasteiger partial charge in [-0.05, 0) is 49.2 Å². The smallest absolute Gasteiger partial charge is 0.336 e. The zero-order chi connectivity index (χ0) is 20.3. The number of carbonyl (C=O) groups is 1. The van der Waals surface area contributed by atoms with E-state index >= 15 is 0 Å². The Labute approximate surface area is 163 Å². The van der Waals surface area contributed by atoms with E-state index in [-0.39, 0.29) is 18.1 Å². The van der Waals surface area contributed by atoms with E-state index in [0.29, 0.717) is 23.6 Å². The van der Waals surface area contributed by atoms with Crippen LogP contribution in [0.2, 0.25) is 0 Å². The molecule has 0 saturated carbocycles. The minimum Gasteiger partial charge on any atom is -0.497 e. The molecule has 0 bridgehead atoms. The number of methoxy groups -OCH3 is 1. The van der Waals surface area contributed by atoms with Crippen molar-refractivity contribution < 1.29 is 18.8 Å². The lowest BCUT2D eigenvalue weighted by atomic mass is 10.0. The van der Waals surface area contributed by atoms with E-state index in [1.165, 1.54) is 6.07 Å². The zero-order valence-corrected chi connectivity index (χ0v) is 16.6. The van der Waals surface area contributed by atoms with Gasteiger partial charge >= 0.3 is 5.63 Å². The number of benzene rings is 2. The molecule has 3 aromatic rings. The van der Waals surface area contributed by atoms with Crippen LogP contribution in [0.25, 0.3) is 11.0 Å². The van der Waals surface area contributed by atoms with Crippen molar-refractivity contribution in [3.05, 3.63) is 69.6 Å². The lowest BCUT2D eigenvalue weighted by Gasteiger charge is -2.15. The summed E-state index contributed by atoms with van der Waals surface area (Å²) in [5, 5.41) is 3.79. The number of fused-ring (bicyclic) bond motifs is 1. The number of nitrogens with one attached hydrogen (secondary N) is 2. The summed E-state index contributed by atoms with van der Waals surface area (Å²) in [5.74, 6) is 0.580. The molecule has 0 saturated heterocycles. The second-order valence-corrected chi connectivity index (χ2v) is 7.11. The second-order valence-electron chi connectivity index (χ2n) is 7.11. The van der Waals surface area contributed by atoms with Crippen LogP contribution in [0.3, 0.4) is 0 Å². The summed E-state index contributed by atoms with van der Waals surface area (Å²) in [6.07, 6.45) is 0. The van der Waals surface area contributed by atoms with E-state index < -0.39 is 0 Å². The van der Waals surface area contributed by atoms with Crippen molar-refractivity contribution in [2.45, 2.75) is 20.4 Å². The summed E-state index contributed by atoms with van der Waals surface area (Å²) >= 11 is 0. The lowest BCUT2D eigenvalue weighted by Crippen LogP contribution is -3.08. The SMILES string of the molecule is COc1cccc(NC(=O)C[NH+](C)Cc2cc(=O)oc3cc(C)c(C)cc23)c1. The average molecular weight is 381 g/mol. The third-order valence-electron chi connectivity index (χ3n) is 4.75. The molecule has 6 nitrogen and oxygen atoms in total. The molecule has 146 valence electrons. The molecule has 1 amide bonds. The van der Waals surface area contributed by atoms with E-state index in [0.717, 1.165) is 27.0 Å². The van der Waals surface area contributed by atoms with Crippen LogP contribution < -0.4 is 20.6 Å². The standard InChI is InChI=1S/C22H24N2O4/c1-14-8-19-16(10-22(26)28-20(19)9-15(14)2)12-24(3)13-21(25)23-17-6-5-7-18(11-17)27-4/h5-11H,12-13H2,1-4H3,(H,23,25)/p+1. The van der Waals surface area contributed by atoms with Gasteiger partial charge in [0.25, 0.3) is 5.91 Å². The molecule has 0 spiro atoms. The molecule has 1 aromatic heterocycles. The monoisotopic (exact) mass is 381 g/mol. The highest BCUT2D eigenvalue weighted by atomic mass is 16.5. The van der Waals surface area contributed by atoms with Crippen molar-refractivity contribution in [1.29, 1.82) is 0 Å². The van der Waals surface area contributed by atoms with Crippen LogP contribution in [0.15, 0.2) is 51.7 Å². The summed E-state index contributed by atoms with van der Waals surface area (Å²) in [5.41, 5.74) is 3.98. The minimum absolute atomic E-state index is 0.106. The van der Waals surface area contributed by atoms with Gasteiger partial charge in [-0.15, -0.1) is 0 Å². The number of likely N-dealkylation sites (N-methyl/N-ethyl adjacent to an activating group) is 1. The molecule has 0 aliphatic carbocycles. The molecule has 0 aliphatic rings. The largest absolute Gasteiger partial charge is 0.497 e. The fourth-order valence-electron chi connectivity index (χ4n) is 3.20. The van der Waals surface area contributed by atoms with Crippen LogP contribution >= 0.6 is 0 Å². The zero-order valence-electron chi connectivity index (χ0n) is 16.6. The van der Waals surface area contributed by atoms with Crippen LogP contribution in [0.1, 0.15) is 16.7 Å². The maximum atomic E-state index is 12.4. The van der Waals surface area contributed by atoms with Gasteiger partial charge in [0.15, 0.2) is 6.54 Å². The Bertz CT molecular complexity index is 1070. The van der Waals surface area contributed by atoms with E-state index in [4.69, 9.17) is 9.15 Å². The third-order valence-corrected chi connectivity index (χ3v) is 4.75. The van der Waals surface area contributed by atoms with E-state index in [9.17, 15) is 9.59 Å². The van der Waals surface area contributed by atoms with Gasteiger partial charge in [-0.3, -0.25) is 4.79 Å². The predicted molar refractivity (Wildman–Crippen MR) is 109 cm³/mol. The Morgan fingerprint density at radius 3 is 2.64 bits per heavy atom. The van der Waals surface area contributed by atoms with Crippen LogP contribution in [0, 0.1) is 13.8 Å². The first-order chi connectivity index (χ1) is 13.4. The first kappa shape index (κ1) is 19.6. The van der Waals surface area contributed by atoms with Gasteiger partial charge in [-0.1, -0.05) is 6.07 Å². The third kappa shape index (κ3) is 4.58. The molecule has 2 N–H and O–H groups in total. The molecule has 0 fully saturated rings. The van der Waals surface area contributed by atoms with Crippen molar-refractivity contribution in [3.63, 3.8) is 0 Å². The maximum Gasteiger partial charge on any atom is 0.336 e. The van der Waals surface area contributed by atoms with Crippen molar-refractivity contribution in [1.82, 2.24) is 0 Å². The number of quaternary nitrogens is 1. The Balaban J connectivity index is 1.74. The topological polar surface area (TPSA) is 73.0 Å². The van der Waals surface area contributed by atoms with Gasteiger partial charge in [0, 0.05) is 28.8 Å². The number of hydrogen-bond donors (Lipinski definition) is 2. The second kappa shape index (κ2) is 8.27. The molecule has 3 rings (SSSR count).